The Morgan fingerprint density at radius 2 is 2.09 bits per heavy atom. The summed E-state index contributed by atoms with van der Waals surface area (Å²) in [6.45, 7) is 7.71. The molecular weight excluding hydrogens is 348 g/mol. The topological polar surface area (TPSA) is 50.8 Å². The molecule has 1 aromatic carbocycles. The zero-order valence-corrected chi connectivity index (χ0v) is 15.1. The molecule has 2 rings (SSSR count). The first-order valence-corrected chi connectivity index (χ1v) is 8.11. The Hall–Kier alpha value is -1.27. The lowest BCUT2D eigenvalue weighted by atomic mass is 10.1. The van der Waals surface area contributed by atoms with Gasteiger partial charge in [0.05, 0.1) is 7.11 Å². The van der Waals surface area contributed by atoms with E-state index in [-0.39, 0.29) is 6.09 Å². The van der Waals surface area contributed by atoms with E-state index in [0.29, 0.717) is 19.1 Å². The van der Waals surface area contributed by atoms with E-state index >= 15 is 0 Å². The van der Waals surface area contributed by atoms with Crippen molar-refractivity contribution in [3.8, 4) is 5.75 Å². The van der Waals surface area contributed by atoms with Crippen molar-refractivity contribution in [2.75, 3.05) is 20.2 Å². The third-order valence-electron chi connectivity index (χ3n) is 3.37. The molecule has 0 radical (unpaired) electrons. The zero-order valence-electron chi connectivity index (χ0n) is 13.5. The summed E-state index contributed by atoms with van der Waals surface area (Å²) in [5, 5.41) is 3.44. The van der Waals surface area contributed by atoms with Crippen LogP contribution in [0.1, 0.15) is 26.3 Å². The summed E-state index contributed by atoms with van der Waals surface area (Å²) in [6.07, 6.45) is -0.242. The van der Waals surface area contributed by atoms with Crippen molar-refractivity contribution in [3.63, 3.8) is 0 Å². The van der Waals surface area contributed by atoms with Crippen LogP contribution in [-0.4, -0.2) is 42.8 Å². The maximum atomic E-state index is 11.9. The number of amides is 1. The molecule has 1 saturated heterocycles. The highest BCUT2D eigenvalue weighted by molar-refractivity contribution is 9.10. The van der Waals surface area contributed by atoms with Crippen molar-refractivity contribution in [3.05, 3.63) is 28.2 Å². The molecular formula is C16H23BrN2O3. The van der Waals surface area contributed by atoms with E-state index in [0.717, 1.165) is 22.3 Å². The highest BCUT2D eigenvalue weighted by Crippen LogP contribution is 2.23. The minimum atomic E-state index is -0.443. The molecule has 0 spiro atoms. The van der Waals surface area contributed by atoms with Crippen LogP contribution in [0.15, 0.2) is 22.7 Å². The van der Waals surface area contributed by atoms with Crippen LogP contribution in [0, 0.1) is 0 Å². The first kappa shape index (κ1) is 17.1. The van der Waals surface area contributed by atoms with Gasteiger partial charge in [0.1, 0.15) is 11.4 Å². The number of nitrogens with one attached hydrogen (secondary N) is 1. The Morgan fingerprint density at radius 3 is 2.68 bits per heavy atom. The molecule has 1 fully saturated rings. The van der Waals surface area contributed by atoms with Crippen molar-refractivity contribution in [2.24, 2.45) is 0 Å². The minimum Gasteiger partial charge on any atom is -0.497 e. The Bertz CT molecular complexity index is 537. The van der Waals surface area contributed by atoms with Gasteiger partial charge in [0, 0.05) is 30.1 Å². The van der Waals surface area contributed by atoms with E-state index < -0.39 is 5.60 Å². The number of methoxy groups -OCH3 is 1. The Labute approximate surface area is 140 Å². The predicted molar refractivity (Wildman–Crippen MR) is 89.1 cm³/mol. The third-order valence-corrected chi connectivity index (χ3v) is 4.14. The summed E-state index contributed by atoms with van der Waals surface area (Å²) in [5.74, 6) is 0.837. The van der Waals surface area contributed by atoms with E-state index in [1.165, 1.54) is 0 Å². The number of hydrogen-bond acceptors (Lipinski definition) is 4. The summed E-state index contributed by atoms with van der Waals surface area (Å²) in [6, 6.07) is 6.19. The number of likely N-dealkylation sites (tertiary alicyclic amines) is 1. The molecule has 1 aromatic rings. The second-order valence-electron chi connectivity index (χ2n) is 6.42. The summed E-state index contributed by atoms with van der Waals surface area (Å²) in [7, 11) is 1.66. The van der Waals surface area contributed by atoms with Crippen LogP contribution in [0.5, 0.6) is 5.75 Å². The number of benzene rings is 1. The van der Waals surface area contributed by atoms with Crippen molar-refractivity contribution in [1.82, 2.24) is 10.2 Å². The number of rotatable bonds is 4. The fourth-order valence-electron chi connectivity index (χ4n) is 2.15. The molecule has 0 bridgehead atoms. The standard InChI is InChI=1S/C16H23BrN2O3/c1-16(2,3)22-15(20)19-9-12(10-19)18-8-11-7-13(21-4)5-6-14(11)17/h5-7,12,18H,8-10H2,1-4H3. The Balaban J connectivity index is 1.78. The molecule has 1 N–H and O–H groups in total. The summed E-state index contributed by atoms with van der Waals surface area (Å²) in [4.78, 5) is 13.6. The van der Waals surface area contributed by atoms with E-state index in [1.54, 1.807) is 12.0 Å². The van der Waals surface area contributed by atoms with Crippen LogP contribution in [0.3, 0.4) is 0 Å². The molecule has 1 aliphatic heterocycles. The van der Waals surface area contributed by atoms with Gasteiger partial charge in [0.25, 0.3) is 0 Å². The van der Waals surface area contributed by atoms with Gasteiger partial charge < -0.3 is 19.7 Å². The van der Waals surface area contributed by atoms with E-state index in [4.69, 9.17) is 9.47 Å². The van der Waals surface area contributed by atoms with Crippen molar-refractivity contribution >= 4 is 22.0 Å². The van der Waals surface area contributed by atoms with Gasteiger partial charge in [-0.1, -0.05) is 15.9 Å². The van der Waals surface area contributed by atoms with E-state index in [2.05, 4.69) is 21.2 Å². The summed E-state index contributed by atoms with van der Waals surface area (Å²) < 4.78 is 11.6. The van der Waals surface area contributed by atoms with Gasteiger partial charge in [-0.3, -0.25) is 0 Å². The van der Waals surface area contributed by atoms with Crippen molar-refractivity contribution in [2.45, 2.75) is 39.0 Å². The molecule has 0 aromatic heterocycles. The van der Waals surface area contributed by atoms with Crippen LogP contribution in [0.25, 0.3) is 0 Å². The number of carbonyl (C=O) groups excluding carboxylic acids is 1. The highest BCUT2D eigenvalue weighted by Gasteiger charge is 2.33. The lowest BCUT2D eigenvalue weighted by Gasteiger charge is -2.40. The van der Waals surface area contributed by atoms with Crippen molar-refractivity contribution in [1.29, 1.82) is 0 Å². The summed E-state index contributed by atoms with van der Waals surface area (Å²) >= 11 is 3.54. The Morgan fingerprint density at radius 1 is 1.41 bits per heavy atom. The van der Waals surface area contributed by atoms with Gasteiger partial charge in [-0.15, -0.1) is 0 Å². The Kier molecular flexibility index (Phi) is 5.34. The first-order valence-electron chi connectivity index (χ1n) is 7.32. The molecule has 5 nitrogen and oxygen atoms in total. The molecule has 0 unspecified atom stereocenters. The smallest absolute Gasteiger partial charge is 0.410 e. The quantitative estimate of drug-likeness (QED) is 0.884. The predicted octanol–water partition coefficient (Wildman–Crippen LogP) is 3.17. The molecule has 1 aliphatic rings. The summed E-state index contributed by atoms with van der Waals surface area (Å²) in [5.41, 5.74) is 0.691. The average Bonchev–Trinajstić information content (AvgIpc) is 2.36. The number of nitrogens with zero attached hydrogens (tertiary/aromatic N) is 1. The van der Waals surface area contributed by atoms with Gasteiger partial charge in [-0.2, -0.15) is 0 Å². The van der Waals surface area contributed by atoms with Gasteiger partial charge in [-0.25, -0.2) is 4.79 Å². The van der Waals surface area contributed by atoms with Gasteiger partial charge in [0.2, 0.25) is 0 Å². The fraction of sp³-hybridized carbons (Fsp3) is 0.562. The molecule has 0 atom stereocenters. The number of hydrogen-bond donors (Lipinski definition) is 1. The SMILES string of the molecule is COc1ccc(Br)c(CNC2CN(C(=O)OC(C)(C)C)C2)c1. The number of ether oxygens (including phenoxy) is 2. The zero-order chi connectivity index (χ0) is 16.3. The largest absolute Gasteiger partial charge is 0.497 e. The molecule has 0 aliphatic carbocycles. The van der Waals surface area contributed by atoms with Gasteiger partial charge >= 0.3 is 6.09 Å². The number of halogens is 1. The number of carbonyl (C=O) groups is 1. The maximum Gasteiger partial charge on any atom is 0.410 e. The second-order valence-corrected chi connectivity index (χ2v) is 7.27. The van der Waals surface area contributed by atoms with Crippen LogP contribution in [0.4, 0.5) is 4.79 Å². The molecule has 6 heteroatoms. The molecule has 0 saturated carbocycles. The van der Waals surface area contributed by atoms with Crippen LogP contribution in [-0.2, 0) is 11.3 Å². The molecule has 1 heterocycles. The van der Waals surface area contributed by atoms with Gasteiger partial charge in [-0.05, 0) is 44.5 Å². The van der Waals surface area contributed by atoms with E-state index in [1.807, 2.05) is 39.0 Å². The van der Waals surface area contributed by atoms with Crippen LogP contribution in [0.2, 0.25) is 0 Å². The molecule has 22 heavy (non-hydrogen) atoms. The van der Waals surface area contributed by atoms with Crippen LogP contribution >= 0.6 is 15.9 Å². The second kappa shape index (κ2) is 6.87. The van der Waals surface area contributed by atoms with Crippen molar-refractivity contribution < 1.29 is 14.3 Å². The third kappa shape index (κ3) is 4.61. The van der Waals surface area contributed by atoms with Crippen LogP contribution < -0.4 is 10.1 Å². The molecule has 122 valence electrons. The fourth-order valence-corrected chi connectivity index (χ4v) is 2.54. The lowest BCUT2D eigenvalue weighted by Crippen LogP contribution is -2.60. The monoisotopic (exact) mass is 370 g/mol. The maximum absolute atomic E-state index is 11.9. The molecule has 1 amide bonds. The lowest BCUT2D eigenvalue weighted by molar-refractivity contribution is 0.00518. The normalized spacial score (nSPS) is 15.4. The highest BCUT2D eigenvalue weighted by atomic mass is 79.9. The minimum absolute atomic E-state index is 0.242. The van der Waals surface area contributed by atoms with E-state index in [9.17, 15) is 4.79 Å². The average molecular weight is 371 g/mol. The first-order chi connectivity index (χ1) is 10.3. The van der Waals surface area contributed by atoms with Gasteiger partial charge in [0.15, 0.2) is 0 Å².